The molecule has 0 atom stereocenters. The Labute approximate surface area is 151 Å². The van der Waals surface area contributed by atoms with Gasteiger partial charge in [0, 0.05) is 5.56 Å². The summed E-state index contributed by atoms with van der Waals surface area (Å²) in [6.45, 7) is 1.83. The fraction of sp³-hybridized carbons (Fsp3) is 0.211. The Balaban J connectivity index is 1.79. The lowest BCUT2D eigenvalue weighted by Gasteiger charge is -2.08. The van der Waals surface area contributed by atoms with Gasteiger partial charge in [-0.2, -0.15) is 0 Å². The number of aryl methyl sites for hydroxylation is 1. The van der Waals surface area contributed by atoms with Gasteiger partial charge in [0.1, 0.15) is 13.2 Å². The lowest BCUT2D eigenvalue weighted by molar-refractivity contribution is -0.145. The summed E-state index contributed by atoms with van der Waals surface area (Å²) >= 11 is 0. The number of hydrogen-bond donors (Lipinski definition) is 2. The van der Waals surface area contributed by atoms with Crippen molar-refractivity contribution in [3.05, 3.63) is 70.8 Å². The molecule has 0 aliphatic rings. The Morgan fingerprint density at radius 3 is 2.50 bits per heavy atom. The number of esters is 2. The first-order chi connectivity index (χ1) is 12.5. The minimum Gasteiger partial charge on any atom is -0.461 e. The maximum absolute atomic E-state index is 12.0. The van der Waals surface area contributed by atoms with E-state index in [-0.39, 0.29) is 25.5 Å². The number of nitrogens with two attached hydrogens (primary N) is 1. The molecule has 2 aromatic rings. The highest BCUT2D eigenvalue weighted by Gasteiger charge is 2.12. The van der Waals surface area contributed by atoms with Crippen molar-refractivity contribution in [2.24, 2.45) is 10.9 Å². The first-order valence-electron chi connectivity index (χ1n) is 7.96. The molecule has 0 aliphatic heterocycles. The summed E-state index contributed by atoms with van der Waals surface area (Å²) in [6, 6.07) is 14.0. The standard InChI is InChI=1S/C19H20N2O5/c1-13-11-15(7-8-16(13)18(20)21-24)19(23)25-10-9-17(22)26-12-14-5-3-2-4-6-14/h2-8,11,24H,9-10,12H2,1H3,(H2,20,21). The van der Waals surface area contributed by atoms with E-state index in [0.717, 1.165) is 5.56 Å². The molecule has 0 radical (unpaired) electrons. The Bertz CT molecular complexity index is 803. The second kappa shape index (κ2) is 9.22. The fourth-order valence-electron chi connectivity index (χ4n) is 2.25. The molecule has 0 bridgehead atoms. The smallest absolute Gasteiger partial charge is 0.338 e. The van der Waals surface area contributed by atoms with Crippen molar-refractivity contribution in [2.75, 3.05) is 6.61 Å². The number of amidine groups is 1. The van der Waals surface area contributed by atoms with E-state index in [1.54, 1.807) is 19.1 Å². The Kier molecular flexibility index (Phi) is 6.73. The van der Waals surface area contributed by atoms with Crippen LogP contribution in [-0.2, 0) is 20.9 Å². The van der Waals surface area contributed by atoms with Crippen LogP contribution in [0.25, 0.3) is 0 Å². The highest BCUT2D eigenvalue weighted by molar-refractivity contribution is 5.99. The Hall–Kier alpha value is -3.35. The predicted molar refractivity (Wildman–Crippen MR) is 94.8 cm³/mol. The lowest BCUT2D eigenvalue weighted by Crippen LogP contribution is -2.16. The summed E-state index contributed by atoms with van der Waals surface area (Å²) in [5.41, 5.74) is 7.93. The van der Waals surface area contributed by atoms with Gasteiger partial charge < -0.3 is 20.4 Å². The zero-order valence-electron chi connectivity index (χ0n) is 14.3. The maximum Gasteiger partial charge on any atom is 0.338 e. The third-order valence-corrected chi connectivity index (χ3v) is 3.63. The molecular weight excluding hydrogens is 336 g/mol. The van der Waals surface area contributed by atoms with Crippen molar-refractivity contribution in [3.8, 4) is 0 Å². The molecule has 0 amide bonds. The summed E-state index contributed by atoms with van der Waals surface area (Å²) in [5, 5.41) is 11.6. The molecule has 0 fully saturated rings. The number of benzene rings is 2. The van der Waals surface area contributed by atoms with E-state index >= 15 is 0 Å². The van der Waals surface area contributed by atoms with Gasteiger partial charge in [0.25, 0.3) is 0 Å². The summed E-state index contributed by atoms with van der Waals surface area (Å²) in [4.78, 5) is 23.7. The highest BCUT2D eigenvalue weighted by atomic mass is 16.5. The van der Waals surface area contributed by atoms with E-state index in [9.17, 15) is 9.59 Å². The third-order valence-electron chi connectivity index (χ3n) is 3.63. The average molecular weight is 356 g/mol. The monoisotopic (exact) mass is 356 g/mol. The van der Waals surface area contributed by atoms with E-state index in [4.69, 9.17) is 20.4 Å². The van der Waals surface area contributed by atoms with Gasteiger partial charge in [0.15, 0.2) is 5.84 Å². The van der Waals surface area contributed by atoms with Crippen molar-refractivity contribution in [1.82, 2.24) is 0 Å². The molecule has 0 aliphatic carbocycles. The number of hydrogen-bond acceptors (Lipinski definition) is 6. The summed E-state index contributed by atoms with van der Waals surface area (Å²) in [7, 11) is 0. The first-order valence-corrected chi connectivity index (χ1v) is 7.96. The second-order valence-corrected chi connectivity index (χ2v) is 5.55. The van der Waals surface area contributed by atoms with E-state index in [1.165, 1.54) is 6.07 Å². The SMILES string of the molecule is Cc1cc(C(=O)OCCC(=O)OCc2ccccc2)ccc1/C(N)=N/O. The second-order valence-electron chi connectivity index (χ2n) is 5.55. The maximum atomic E-state index is 12.0. The van der Waals surface area contributed by atoms with Gasteiger partial charge in [-0.3, -0.25) is 4.79 Å². The van der Waals surface area contributed by atoms with E-state index in [0.29, 0.717) is 16.7 Å². The lowest BCUT2D eigenvalue weighted by atomic mass is 10.0. The largest absolute Gasteiger partial charge is 0.461 e. The zero-order chi connectivity index (χ0) is 18.9. The van der Waals surface area contributed by atoms with Crippen molar-refractivity contribution in [2.45, 2.75) is 20.0 Å². The topological polar surface area (TPSA) is 111 Å². The molecule has 0 saturated carbocycles. The minimum absolute atomic E-state index is 0.0280. The Morgan fingerprint density at radius 1 is 1.12 bits per heavy atom. The molecule has 0 unspecified atom stereocenters. The van der Waals surface area contributed by atoms with Crippen LogP contribution in [0.2, 0.25) is 0 Å². The van der Waals surface area contributed by atoms with Crippen LogP contribution >= 0.6 is 0 Å². The van der Waals surface area contributed by atoms with E-state index < -0.39 is 11.9 Å². The molecule has 7 nitrogen and oxygen atoms in total. The minimum atomic E-state index is -0.560. The fourth-order valence-corrected chi connectivity index (χ4v) is 2.25. The van der Waals surface area contributed by atoms with Gasteiger partial charge in [-0.1, -0.05) is 41.6 Å². The predicted octanol–water partition coefficient (Wildman–Crippen LogP) is 2.38. The van der Waals surface area contributed by atoms with Gasteiger partial charge in [0.05, 0.1) is 12.0 Å². The summed E-state index contributed by atoms with van der Waals surface area (Å²) in [5.74, 6) is -1.04. The number of nitrogens with zero attached hydrogens (tertiary/aromatic N) is 1. The van der Waals surface area contributed by atoms with E-state index in [2.05, 4.69) is 5.16 Å². The Morgan fingerprint density at radius 2 is 1.85 bits per heavy atom. The molecule has 2 aromatic carbocycles. The van der Waals surface area contributed by atoms with Crippen LogP contribution in [0.15, 0.2) is 53.7 Å². The summed E-state index contributed by atoms with van der Waals surface area (Å²) < 4.78 is 10.2. The first kappa shape index (κ1) is 19.0. The van der Waals surface area contributed by atoms with Gasteiger partial charge >= 0.3 is 11.9 Å². The molecule has 0 heterocycles. The molecular formula is C19H20N2O5. The normalized spacial score (nSPS) is 11.0. The van der Waals surface area contributed by atoms with E-state index in [1.807, 2.05) is 30.3 Å². The van der Waals surface area contributed by atoms with Gasteiger partial charge in [-0.05, 0) is 30.2 Å². The molecule has 26 heavy (non-hydrogen) atoms. The number of carbonyl (C=O) groups is 2. The molecule has 3 N–H and O–H groups in total. The van der Waals surface area contributed by atoms with Crippen molar-refractivity contribution >= 4 is 17.8 Å². The van der Waals surface area contributed by atoms with Crippen molar-refractivity contribution < 1.29 is 24.3 Å². The van der Waals surface area contributed by atoms with Crippen LogP contribution in [0.4, 0.5) is 0 Å². The van der Waals surface area contributed by atoms with Crippen LogP contribution in [0.5, 0.6) is 0 Å². The zero-order valence-corrected chi connectivity index (χ0v) is 14.3. The van der Waals surface area contributed by atoms with Gasteiger partial charge in [0.2, 0.25) is 0 Å². The quantitative estimate of drug-likeness (QED) is 0.259. The average Bonchev–Trinajstić information content (AvgIpc) is 2.66. The van der Waals surface area contributed by atoms with Crippen LogP contribution in [-0.4, -0.2) is 29.6 Å². The van der Waals surface area contributed by atoms with Crippen LogP contribution < -0.4 is 5.73 Å². The van der Waals surface area contributed by atoms with Crippen LogP contribution in [0.1, 0.15) is 33.5 Å². The van der Waals surface area contributed by atoms with Crippen molar-refractivity contribution in [3.63, 3.8) is 0 Å². The van der Waals surface area contributed by atoms with Gasteiger partial charge in [-0.25, -0.2) is 4.79 Å². The molecule has 7 heteroatoms. The van der Waals surface area contributed by atoms with Crippen molar-refractivity contribution in [1.29, 1.82) is 0 Å². The van der Waals surface area contributed by atoms with Crippen LogP contribution in [0, 0.1) is 6.92 Å². The molecule has 136 valence electrons. The van der Waals surface area contributed by atoms with Crippen LogP contribution in [0.3, 0.4) is 0 Å². The summed E-state index contributed by atoms with van der Waals surface area (Å²) in [6.07, 6.45) is -0.0280. The molecule has 2 rings (SSSR count). The number of oxime groups is 1. The molecule has 0 spiro atoms. The highest BCUT2D eigenvalue weighted by Crippen LogP contribution is 2.12. The third kappa shape index (κ3) is 5.34. The number of carbonyl (C=O) groups excluding carboxylic acids is 2. The molecule has 0 saturated heterocycles. The van der Waals surface area contributed by atoms with Gasteiger partial charge in [-0.15, -0.1) is 0 Å². The molecule has 0 aromatic heterocycles. The number of rotatable bonds is 7. The number of ether oxygens (including phenoxy) is 2.